The number of carbonyl (C=O) groups is 1. The predicted octanol–water partition coefficient (Wildman–Crippen LogP) is 1.00. The number of hydrogen-bond donors (Lipinski definition) is 2. The number of aromatic hydroxyl groups is 1. The lowest BCUT2D eigenvalue weighted by Gasteiger charge is -1.92. The second kappa shape index (κ2) is 3.00. The molecule has 0 atom stereocenters. The van der Waals surface area contributed by atoms with Gasteiger partial charge in [0.2, 0.25) is 0 Å². The van der Waals surface area contributed by atoms with Gasteiger partial charge in [0, 0.05) is 0 Å². The molecule has 0 aliphatic rings. The number of phenols is 1. The fourth-order valence-electron chi connectivity index (χ4n) is 0.852. The highest BCUT2D eigenvalue weighted by molar-refractivity contribution is 5.83. The van der Waals surface area contributed by atoms with Crippen LogP contribution < -0.4 is 0 Å². The van der Waals surface area contributed by atoms with E-state index in [0.717, 1.165) is 0 Å². The van der Waals surface area contributed by atoms with E-state index in [-0.39, 0.29) is 5.56 Å². The second-order valence-electron chi connectivity index (χ2n) is 2.11. The van der Waals surface area contributed by atoms with E-state index in [2.05, 4.69) is 0 Å². The molecule has 0 aromatic heterocycles. The van der Waals surface area contributed by atoms with Gasteiger partial charge in [-0.3, -0.25) is 4.79 Å². The monoisotopic (exact) mass is 168 g/mol. The van der Waals surface area contributed by atoms with Crippen molar-refractivity contribution in [2.45, 2.75) is 0 Å². The Kier molecular flexibility index (Phi) is 2.05. The highest BCUT2D eigenvalue weighted by atomic mass is 16.6. The Labute approximate surface area is 67.4 Å². The number of benzene rings is 1. The van der Waals surface area contributed by atoms with Gasteiger partial charge in [-0.05, 0) is 12.1 Å². The topological polar surface area (TPSA) is 77.6 Å². The first-order chi connectivity index (χ1) is 5.66. The largest absolute Gasteiger partial charge is 0.502 e. The van der Waals surface area contributed by atoms with E-state index < -0.39 is 16.4 Å². The van der Waals surface area contributed by atoms with Crippen molar-refractivity contribution in [1.29, 1.82) is 0 Å². The first kappa shape index (κ1) is 8.19. The summed E-state index contributed by atoms with van der Waals surface area (Å²) in [5, 5.41) is 17.5. The number of hydrogen-bond acceptors (Lipinski definition) is 3. The molecule has 0 heterocycles. The van der Waals surface area contributed by atoms with E-state index in [1.807, 2.05) is 0 Å². The summed E-state index contributed by atoms with van der Waals surface area (Å²) in [7, 11) is 0. The minimum atomic E-state index is -0.543. The third kappa shape index (κ3) is 1.24. The Morgan fingerprint density at radius 1 is 1.42 bits per heavy atom. The maximum atomic E-state index is 10.4. The van der Waals surface area contributed by atoms with E-state index in [1.54, 1.807) is 0 Å². The Morgan fingerprint density at radius 3 is 2.50 bits per heavy atom. The van der Waals surface area contributed by atoms with Gasteiger partial charge < -0.3 is 5.11 Å². The average molecular weight is 168 g/mol. The van der Waals surface area contributed by atoms with Gasteiger partial charge in [-0.2, -0.15) is 0 Å². The normalized spacial score (nSPS) is 9.33. The van der Waals surface area contributed by atoms with Crippen LogP contribution in [0, 0.1) is 4.91 Å². The number of aldehydes is 1. The molecule has 0 bridgehead atoms. The van der Waals surface area contributed by atoms with Crippen molar-refractivity contribution in [3.8, 4) is 5.75 Å². The molecule has 5 nitrogen and oxygen atoms in total. The van der Waals surface area contributed by atoms with Crippen LogP contribution in [0.2, 0.25) is 0 Å². The van der Waals surface area contributed by atoms with Crippen LogP contribution in [0.25, 0.3) is 0 Å². The second-order valence-corrected chi connectivity index (χ2v) is 2.11. The molecule has 0 aliphatic heterocycles. The van der Waals surface area contributed by atoms with Crippen molar-refractivity contribution in [1.82, 2.24) is 0 Å². The number of nitrogens with zero attached hydrogens (tertiary/aromatic N) is 1. The molecule has 2 N–H and O–H groups in total. The Balaban J connectivity index is 3.39. The van der Waals surface area contributed by atoms with Gasteiger partial charge in [0.05, 0.1) is 4.91 Å². The number of para-hydroxylation sites is 1. The van der Waals surface area contributed by atoms with Gasteiger partial charge in [-0.1, -0.05) is 6.07 Å². The number of rotatable bonds is 2. The molecule has 0 radical (unpaired) electrons. The third-order valence-electron chi connectivity index (χ3n) is 1.36. The SMILES string of the molecule is O=Cc1cccc(O)c1[N+](=O)O. The molecule has 0 saturated carbocycles. The van der Waals surface area contributed by atoms with E-state index >= 15 is 0 Å². The molecule has 0 saturated heterocycles. The summed E-state index contributed by atoms with van der Waals surface area (Å²) in [5.41, 5.74) is -0.500. The number of phenolic OH excluding ortho intramolecular Hbond substituents is 1. The van der Waals surface area contributed by atoms with Gasteiger partial charge in [0.25, 0.3) is 4.92 Å². The minimum Gasteiger partial charge on any atom is -0.502 e. The zero-order valence-electron chi connectivity index (χ0n) is 5.97. The van der Waals surface area contributed by atoms with Crippen LogP contribution in [0.4, 0.5) is 5.69 Å². The molecule has 1 rings (SSSR count). The highest BCUT2D eigenvalue weighted by Crippen LogP contribution is 2.27. The van der Waals surface area contributed by atoms with Gasteiger partial charge in [-0.25, -0.2) is 5.21 Å². The summed E-state index contributed by atoms with van der Waals surface area (Å²) in [6, 6.07) is 3.90. The van der Waals surface area contributed by atoms with Crippen molar-refractivity contribution >= 4 is 12.0 Å². The fraction of sp³-hybridized carbons (Fsp3) is 0. The predicted molar refractivity (Wildman–Crippen MR) is 38.6 cm³/mol. The maximum Gasteiger partial charge on any atom is 0.368 e. The molecule has 12 heavy (non-hydrogen) atoms. The number of carbonyl (C=O) groups excluding carboxylic acids is 1. The van der Waals surface area contributed by atoms with Gasteiger partial charge in [0.15, 0.2) is 12.0 Å². The smallest absolute Gasteiger partial charge is 0.368 e. The lowest BCUT2D eigenvalue weighted by atomic mass is 10.2. The molecular weight excluding hydrogens is 162 g/mol. The summed E-state index contributed by atoms with van der Waals surface area (Å²) >= 11 is 0. The quantitative estimate of drug-likeness (QED) is 0.510. The molecule has 0 unspecified atom stereocenters. The lowest BCUT2D eigenvalue weighted by molar-refractivity contribution is -0.730. The van der Waals surface area contributed by atoms with E-state index in [1.165, 1.54) is 18.2 Å². The van der Waals surface area contributed by atoms with Crippen LogP contribution in [0.3, 0.4) is 0 Å². The van der Waals surface area contributed by atoms with Crippen LogP contribution in [0.1, 0.15) is 10.4 Å². The summed E-state index contributed by atoms with van der Waals surface area (Å²) < 4.78 is 0. The van der Waals surface area contributed by atoms with Crippen molar-refractivity contribution in [3.05, 3.63) is 28.7 Å². The Bertz CT molecular complexity index is 334. The molecular formula is C7H6NO4+. The van der Waals surface area contributed by atoms with E-state index in [0.29, 0.717) is 6.29 Å². The zero-order chi connectivity index (χ0) is 9.14. The van der Waals surface area contributed by atoms with Gasteiger partial charge in [-0.15, -0.1) is 0 Å². The van der Waals surface area contributed by atoms with Crippen molar-refractivity contribution in [2.24, 2.45) is 0 Å². The standard InChI is InChI=1S/C7H5NO4/c9-4-5-2-1-3-6(10)7(5)8(11)12/h1-4H,(H-,10,11,12)/p+1. The summed E-state index contributed by atoms with van der Waals surface area (Å²) in [5.74, 6) is -0.433. The molecule has 0 fully saturated rings. The van der Waals surface area contributed by atoms with Crippen LogP contribution in [-0.4, -0.2) is 21.5 Å². The third-order valence-corrected chi connectivity index (χ3v) is 1.36. The first-order valence-corrected chi connectivity index (χ1v) is 3.10. The molecule has 62 valence electrons. The van der Waals surface area contributed by atoms with E-state index in [9.17, 15) is 9.70 Å². The van der Waals surface area contributed by atoms with Crippen LogP contribution in [-0.2, 0) is 0 Å². The minimum absolute atomic E-state index is 0.0625. The molecule has 1 aromatic carbocycles. The van der Waals surface area contributed by atoms with Crippen LogP contribution in [0.15, 0.2) is 18.2 Å². The molecule has 0 amide bonds. The highest BCUT2D eigenvalue weighted by Gasteiger charge is 2.23. The molecule has 5 heteroatoms. The maximum absolute atomic E-state index is 10.4. The molecule has 0 aliphatic carbocycles. The van der Waals surface area contributed by atoms with Crippen molar-refractivity contribution in [2.75, 3.05) is 0 Å². The summed E-state index contributed by atoms with van der Waals surface area (Å²) in [6.45, 7) is 0. The van der Waals surface area contributed by atoms with Crippen LogP contribution in [0.5, 0.6) is 5.75 Å². The summed E-state index contributed by atoms with van der Waals surface area (Å²) in [6.07, 6.45) is 0.371. The zero-order valence-corrected chi connectivity index (χ0v) is 5.97. The van der Waals surface area contributed by atoms with Gasteiger partial charge >= 0.3 is 5.69 Å². The lowest BCUT2D eigenvalue weighted by Crippen LogP contribution is -1.96. The molecule has 1 aromatic rings. The van der Waals surface area contributed by atoms with Gasteiger partial charge in [0.1, 0.15) is 5.56 Å². The van der Waals surface area contributed by atoms with Crippen molar-refractivity contribution < 1.29 is 20.0 Å². The fourth-order valence-corrected chi connectivity index (χ4v) is 0.852. The molecule has 0 spiro atoms. The average Bonchev–Trinajstić information content (AvgIpc) is 2.03. The van der Waals surface area contributed by atoms with E-state index in [4.69, 9.17) is 10.3 Å². The Morgan fingerprint density at radius 2 is 2.08 bits per heavy atom. The Hall–Kier alpha value is -1.91. The first-order valence-electron chi connectivity index (χ1n) is 3.10. The van der Waals surface area contributed by atoms with Crippen molar-refractivity contribution in [3.63, 3.8) is 0 Å². The summed E-state index contributed by atoms with van der Waals surface area (Å²) in [4.78, 5) is 20.2. The van der Waals surface area contributed by atoms with Crippen LogP contribution >= 0.6 is 0 Å².